The summed E-state index contributed by atoms with van der Waals surface area (Å²) in [5, 5.41) is 10.7. The van der Waals surface area contributed by atoms with Crippen molar-refractivity contribution in [3.05, 3.63) is 50.4 Å². The summed E-state index contributed by atoms with van der Waals surface area (Å²) in [6, 6.07) is 8.24. The molecule has 0 aliphatic rings. The first-order valence-electron chi connectivity index (χ1n) is 4.62. The van der Waals surface area contributed by atoms with E-state index in [-0.39, 0.29) is 10.8 Å². The van der Waals surface area contributed by atoms with Gasteiger partial charge in [0.25, 0.3) is 0 Å². The van der Waals surface area contributed by atoms with Gasteiger partial charge in [0, 0.05) is 0 Å². The summed E-state index contributed by atoms with van der Waals surface area (Å²) in [5.74, 6) is 0.0292. The lowest BCUT2D eigenvalue weighted by molar-refractivity contribution is 0.475. The van der Waals surface area contributed by atoms with Gasteiger partial charge in [0.1, 0.15) is 5.75 Å². The Balaban J connectivity index is 2.57. The van der Waals surface area contributed by atoms with E-state index in [1.54, 1.807) is 24.3 Å². The fourth-order valence-corrected chi connectivity index (χ4v) is 2.19. The molecule has 0 aromatic heterocycles. The third-order valence-corrected chi connectivity index (χ3v) is 3.76. The third-order valence-electron chi connectivity index (χ3n) is 2.26. The topological polar surface area (TPSA) is 20.2 Å². The van der Waals surface area contributed by atoms with Crippen molar-refractivity contribution in [1.82, 2.24) is 0 Å². The highest BCUT2D eigenvalue weighted by molar-refractivity contribution is 6.48. The number of phenols is 1. The van der Waals surface area contributed by atoms with Gasteiger partial charge in [-0.3, -0.25) is 0 Å². The van der Waals surface area contributed by atoms with Crippen LogP contribution in [-0.2, 0) is 0 Å². The molecule has 0 unspecified atom stereocenters. The number of halogens is 4. The predicted octanol–water partition coefficient (Wildman–Crippen LogP) is 5.67. The SMILES string of the molecule is Oc1ccc(-c2cc(Cl)c(Cl)c(Cl)c2)cc1Cl. The molecule has 88 valence electrons. The second kappa shape index (κ2) is 4.95. The van der Waals surface area contributed by atoms with Crippen molar-refractivity contribution >= 4 is 46.4 Å². The fourth-order valence-electron chi connectivity index (χ4n) is 1.41. The maximum absolute atomic E-state index is 9.34. The summed E-state index contributed by atoms with van der Waals surface area (Å²) in [6.07, 6.45) is 0. The molecule has 0 atom stereocenters. The maximum Gasteiger partial charge on any atom is 0.134 e. The zero-order valence-corrected chi connectivity index (χ0v) is 11.4. The van der Waals surface area contributed by atoms with E-state index in [0.717, 1.165) is 11.1 Å². The van der Waals surface area contributed by atoms with Crippen LogP contribution in [0, 0.1) is 0 Å². The molecule has 0 saturated heterocycles. The fraction of sp³-hybridized carbons (Fsp3) is 0. The molecule has 2 rings (SSSR count). The lowest BCUT2D eigenvalue weighted by Gasteiger charge is -2.07. The highest BCUT2D eigenvalue weighted by Gasteiger charge is 2.08. The summed E-state index contributed by atoms with van der Waals surface area (Å²) in [6.45, 7) is 0. The van der Waals surface area contributed by atoms with Crippen molar-refractivity contribution in [2.45, 2.75) is 0 Å². The second-order valence-electron chi connectivity index (χ2n) is 3.42. The molecule has 0 spiro atoms. The summed E-state index contributed by atoms with van der Waals surface area (Å²) >= 11 is 23.6. The summed E-state index contributed by atoms with van der Waals surface area (Å²) < 4.78 is 0. The molecule has 2 aromatic rings. The Morgan fingerprint density at radius 2 is 1.24 bits per heavy atom. The van der Waals surface area contributed by atoms with E-state index in [2.05, 4.69) is 0 Å². The molecule has 1 nitrogen and oxygen atoms in total. The number of benzene rings is 2. The Labute approximate surface area is 118 Å². The van der Waals surface area contributed by atoms with E-state index in [9.17, 15) is 5.11 Å². The minimum atomic E-state index is 0.0292. The summed E-state index contributed by atoms with van der Waals surface area (Å²) in [5.41, 5.74) is 1.58. The number of rotatable bonds is 1. The normalized spacial score (nSPS) is 10.6. The quantitative estimate of drug-likeness (QED) is 0.673. The van der Waals surface area contributed by atoms with Gasteiger partial charge in [-0.15, -0.1) is 0 Å². The van der Waals surface area contributed by atoms with Crippen LogP contribution in [0.2, 0.25) is 20.1 Å². The molecule has 0 radical (unpaired) electrons. The number of aromatic hydroxyl groups is 1. The second-order valence-corrected chi connectivity index (χ2v) is 5.02. The van der Waals surface area contributed by atoms with Gasteiger partial charge < -0.3 is 5.11 Å². The highest BCUT2D eigenvalue weighted by atomic mass is 35.5. The van der Waals surface area contributed by atoms with E-state index < -0.39 is 0 Å². The number of hydrogen-bond donors (Lipinski definition) is 1. The zero-order chi connectivity index (χ0) is 12.6. The third kappa shape index (κ3) is 2.63. The molecule has 0 aliphatic carbocycles. The molecule has 2 aromatic carbocycles. The minimum Gasteiger partial charge on any atom is -0.506 e. The van der Waals surface area contributed by atoms with Gasteiger partial charge in [0.05, 0.1) is 20.1 Å². The molecule has 0 heterocycles. The largest absolute Gasteiger partial charge is 0.506 e. The van der Waals surface area contributed by atoms with E-state index in [4.69, 9.17) is 46.4 Å². The van der Waals surface area contributed by atoms with Crippen molar-refractivity contribution in [2.75, 3.05) is 0 Å². The van der Waals surface area contributed by atoms with Crippen molar-refractivity contribution in [1.29, 1.82) is 0 Å². The Morgan fingerprint density at radius 3 is 1.76 bits per heavy atom. The molecule has 0 fully saturated rings. The van der Waals surface area contributed by atoms with Crippen LogP contribution in [0.1, 0.15) is 0 Å². The van der Waals surface area contributed by atoms with Gasteiger partial charge in [0.15, 0.2) is 0 Å². The van der Waals surface area contributed by atoms with Crippen LogP contribution < -0.4 is 0 Å². The molecule has 5 heteroatoms. The van der Waals surface area contributed by atoms with E-state index in [1.807, 2.05) is 0 Å². The molecule has 0 saturated carbocycles. The average molecular weight is 308 g/mol. The molecule has 0 bridgehead atoms. The maximum atomic E-state index is 9.34. The van der Waals surface area contributed by atoms with Crippen molar-refractivity contribution < 1.29 is 5.11 Å². The smallest absolute Gasteiger partial charge is 0.134 e. The van der Waals surface area contributed by atoms with Crippen LogP contribution in [-0.4, -0.2) is 5.11 Å². The van der Waals surface area contributed by atoms with E-state index in [0.29, 0.717) is 15.1 Å². The molecular weight excluding hydrogens is 302 g/mol. The van der Waals surface area contributed by atoms with Crippen molar-refractivity contribution in [3.63, 3.8) is 0 Å². The monoisotopic (exact) mass is 306 g/mol. The minimum absolute atomic E-state index is 0.0292. The van der Waals surface area contributed by atoms with Crippen molar-refractivity contribution in [3.8, 4) is 16.9 Å². The number of phenolic OH excluding ortho intramolecular Hbond substituents is 1. The molecule has 17 heavy (non-hydrogen) atoms. The van der Waals surface area contributed by atoms with E-state index in [1.165, 1.54) is 6.07 Å². The molecule has 0 aliphatic heterocycles. The summed E-state index contributed by atoms with van der Waals surface area (Å²) in [4.78, 5) is 0. The summed E-state index contributed by atoms with van der Waals surface area (Å²) in [7, 11) is 0. The standard InChI is InChI=1S/C12H6Cl4O/c13-8-3-6(1-2-11(8)17)7-4-9(14)12(16)10(15)5-7/h1-5,17H. The van der Waals surface area contributed by atoms with Gasteiger partial charge >= 0.3 is 0 Å². The zero-order valence-electron chi connectivity index (χ0n) is 8.35. The van der Waals surface area contributed by atoms with Crippen LogP contribution in [0.15, 0.2) is 30.3 Å². The van der Waals surface area contributed by atoms with Gasteiger partial charge in [-0.25, -0.2) is 0 Å². The van der Waals surface area contributed by atoms with E-state index >= 15 is 0 Å². The van der Waals surface area contributed by atoms with Crippen LogP contribution in [0.25, 0.3) is 11.1 Å². The average Bonchev–Trinajstić information content (AvgIpc) is 2.29. The van der Waals surface area contributed by atoms with Crippen LogP contribution in [0.5, 0.6) is 5.75 Å². The van der Waals surface area contributed by atoms with Crippen LogP contribution >= 0.6 is 46.4 Å². The van der Waals surface area contributed by atoms with Crippen LogP contribution in [0.3, 0.4) is 0 Å². The Bertz CT molecular complexity index is 558. The first-order chi connectivity index (χ1) is 7.99. The van der Waals surface area contributed by atoms with Gasteiger partial charge in [-0.1, -0.05) is 52.5 Å². The Kier molecular flexibility index (Phi) is 3.74. The Hall–Kier alpha value is -0.600. The first-order valence-corrected chi connectivity index (χ1v) is 6.13. The van der Waals surface area contributed by atoms with Crippen LogP contribution in [0.4, 0.5) is 0 Å². The predicted molar refractivity (Wildman–Crippen MR) is 73.6 cm³/mol. The molecule has 0 amide bonds. The lowest BCUT2D eigenvalue weighted by atomic mass is 10.1. The first kappa shape index (κ1) is 12.8. The molecular formula is C12H6Cl4O. The number of hydrogen-bond acceptors (Lipinski definition) is 1. The van der Waals surface area contributed by atoms with Gasteiger partial charge in [-0.2, -0.15) is 0 Å². The molecule has 1 N–H and O–H groups in total. The lowest BCUT2D eigenvalue weighted by Crippen LogP contribution is -1.81. The van der Waals surface area contributed by atoms with Crippen molar-refractivity contribution in [2.24, 2.45) is 0 Å². The highest BCUT2D eigenvalue weighted by Crippen LogP contribution is 2.36. The Morgan fingerprint density at radius 1 is 0.706 bits per heavy atom. The van der Waals surface area contributed by atoms with Gasteiger partial charge in [-0.05, 0) is 35.4 Å². The van der Waals surface area contributed by atoms with Gasteiger partial charge in [0.2, 0.25) is 0 Å².